The van der Waals surface area contributed by atoms with Crippen LogP contribution in [-0.4, -0.2) is 23.3 Å². The Morgan fingerprint density at radius 3 is 3.11 bits per heavy atom. The molecule has 10 heteroatoms. The summed E-state index contributed by atoms with van der Waals surface area (Å²) in [5.41, 5.74) is 0.961. The normalized spacial score (nSPS) is 11.1. The largest absolute Gasteiger partial charge is 0.362 e. The molecule has 0 bridgehead atoms. The Morgan fingerprint density at radius 1 is 1.53 bits per heavy atom. The van der Waals surface area contributed by atoms with Gasteiger partial charge >= 0.3 is 0 Å². The van der Waals surface area contributed by atoms with E-state index in [2.05, 4.69) is 40.1 Å². The van der Waals surface area contributed by atoms with E-state index in [1.165, 1.54) is 10.7 Å². The topological polar surface area (TPSA) is 68.0 Å². The summed E-state index contributed by atoms with van der Waals surface area (Å²) >= 11 is 10.0. The summed E-state index contributed by atoms with van der Waals surface area (Å²) < 4.78 is 23.5. The van der Waals surface area contributed by atoms with Gasteiger partial charge in [-0.3, -0.25) is 0 Å². The third-order valence-corrected chi connectivity index (χ3v) is 3.57. The van der Waals surface area contributed by atoms with Crippen molar-refractivity contribution in [1.82, 2.24) is 23.3 Å². The first-order chi connectivity index (χ1) is 9.15. The SMILES string of the molecule is Fc1c(Br)cn2nc(Cl)nc(NCc3cnsn3)c12. The molecular formula is C9H5BrClFN6S. The maximum atomic E-state index is 14.0. The number of nitrogens with one attached hydrogen (secondary N) is 1. The van der Waals surface area contributed by atoms with Gasteiger partial charge in [-0.1, -0.05) is 0 Å². The van der Waals surface area contributed by atoms with Crippen molar-refractivity contribution >= 4 is 50.6 Å². The molecule has 0 saturated carbocycles. The zero-order valence-electron chi connectivity index (χ0n) is 9.14. The molecule has 6 nitrogen and oxygen atoms in total. The smallest absolute Gasteiger partial charge is 0.243 e. The van der Waals surface area contributed by atoms with E-state index in [9.17, 15) is 4.39 Å². The van der Waals surface area contributed by atoms with Crippen molar-refractivity contribution in [3.05, 3.63) is 33.7 Å². The highest BCUT2D eigenvalue weighted by Crippen LogP contribution is 2.26. The minimum absolute atomic E-state index is 0.0221. The molecule has 3 aromatic heterocycles. The number of hydrogen-bond acceptors (Lipinski definition) is 6. The van der Waals surface area contributed by atoms with Crippen molar-refractivity contribution in [3.8, 4) is 0 Å². The first-order valence-electron chi connectivity index (χ1n) is 5.05. The molecule has 0 aromatic carbocycles. The van der Waals surface area contributed by atoms with Crippen LogP contribution in [0.25, 0.3) is 5.52 Å². The van der Waals surface area contributed by atoms with Crippen molar-refractivity contribution < 1.29 is 4.39 Å². The van der Waals surface area contributed by atoms with Crippen molar-refractivity contribution in [3.63, 3.8) is 0 Å². The standard InChI is InChI=1S/C9H5BrClFN6S/c10-5-3-18-7(6(5)12)8(15-9(11)16-18)13-1-4-2-14-19-17-4/h2-3H,1H2,(H,13,15,16). The van der Waals surface area contributed by atoms with Crippen molar-refractivity contribution in [2.75, 3.05) is 5.32 Å². The van der Waals surface area contributed by atoms with Crippen LogP contribution in [0.3, 0.4) is 0 Å². The lowest BCUT2D eigenvalue weighted by atomic mass is 10.4. The maximum absolute atomic E-state index is 14.0. The zero-order chi connectivity index (χ0) is 13.4. The van der Waals surface area contributed by atoms with Gasteiger partial charge in [0, 0.05) is 6.20 Å². The molecule has 0 fully saturated rings. The monoisotopic (exact) mass is 362 g/mol. The Morgan fingerprint density at radius 2 is 2.37 bits per heavy atom. The second-order valence-corrected chi connectivity index (χ2v) is 5.32. The van der Waals surface area contributed by atoms with Gasteiger partial charge in [0.05, 0.1) is 34.6 Å². The highest BCUT2D eigenvalue weighted by Gasteiger charge is 2.16. The molecule has 0 radical (unpaired) electrons. The molecule has 0 atom stereocenters. The first-order valence-corrected chi connectivity index (χ1v) is 6.95. The molecule has 1 N–H and O–H groups in total. The van der Waals surface area contributed by atoms with Crippen LogP contribution in [-0.2, 0) is 6.54 Å². The Labute approximate surface area is 124 Å². The third kappa shape index (κ3) is 2.40. The van der Waals surface area contributed by atoms with Gasteiger partial charge < -0.3 is 5.32 Å². The van der Waals surface area contributed by atoms with Crippen LogP contribution in [0.15, 0.2) is 16.9 Å². The second-order valence-electron chi connectivity index (χ2n) is 3.57. The van der Waals surface area contributed by atoms with Gasteiger partial charge in [0.25, 0.3) is 0 Å². The fraction of sp³-hybridized carbons (Fsp3) is 0.111. The van der Waals surface area contributed by atoms with Crippen molar-refractivity contribution in [2.45, 2.75) is 6.54 Å². The zero-order valence-corrected chi connectivity index (χ0v) is 12.3. The van der Waals surface area contributed by atoms with Crippen LogP contribution >= 0.6 is 39.3 Å². The summed E-state index contributed by atoms with van der Waals surface area (Å²) in [6.07, 6.45) is 3.11. The summed E-state index contributed by atoms with van der Waals surface area (Å²) in [5.74, 6) is -0.147. The predicted octanol–water partition coefficient (Wildman–Crippen LogP) is 2.75. The van der Waals surface area contributed by atoms with E-state index in [-0.39, 0.29) is 10.8 Å². The molecule has 0 spiro atoms. The molecule has 0 aliphatic carbocycles. The number of fused-ring (bicyclic) bond motifs is 1. The summed E-state index contributed by atoms with van der Waals surface area (Å²) in [6.45, 7) is 0.377. The molecule has 0 aliphatic heterocycles. The van der Waals surface area contributed by atoms with Crippen LogP contribution in [0.1, 0.15) is 5.69 Å². The van der Waals surface area contributed by atoms with Crippen molar-refractivity contribution in [1.29, 1.82) is 0 Å². The summed E-state index contributed by atoms with van der Waals surface area (Å²) in [6, 6.07) is 0. The average molecular weight is 364 g/mol. The Bertz CT molecular complexity index is 730. The van der Waals surface area contributed by atoms with E-state index in [0.29, 0.717) is 16.8 Å². The van der Waals surface area contributed by atoms with Crippen LogP contribution in [0, 0.1) is 5.82 Å². The fourth-order valence-corrected chi connectivity index (χ4v) is 2.53. The summed E-state index contributed by atoms with van der Waals surface area (Å²) in [4.78, 5) is 3.99. The second kappa shape index (κ2) is 4.99. The lowest BCUT2D eigenvalue weighted by molar-refractivity contribution is 0.633. The van der Waals surface area contributed by atoms with E-state index in [1.807, 2.05) is 0 Å². The van der Waals surface area contributed by atoms with E-state index < -0.39 is 5.82 Å². The molecule has 0 aliphatic rings. The summed E-state index contributed by atoms with van der Waals surface area (Å²) in [5, 5.41) is 6.89. The average Bonchev–Trinajstić information content (AvgIpc) is 2.96. The Hall–Kier alpha value is -1.32. The van der Waals surface area contributed by atoms with E-state index in [4.69, 9.17) is 11.6 Å². The van der Waals surface area contributed by atoms with Crippen LogP contribution in [0.5, 0.6) is 0 Å². The molecule has 3 heterocycles. The first kappa shape index (κ1) is 12.7. The highest BCUT2D eigenvalue weighted by molar-refractivity contribution is 9.10. The van der Waals surface area contributed by atoms with Gasteiger partial charge in [0.2, 0.25) is 5.28 Å². The minimum Gasteiger partial charge on any atom is -0.362 e. The molecule has 0 unspecified atom stereocenters. The third-order valence-electron chi connectivity index (χ3n) is 2.34. The van der Waals surface area contributed by atoms with Gasteiger partial charge in [-0.05, 0) is 27.5 Å². The van der Waals surface area contributed by atoms with Gasteiger partial charge in [0.1, 0.15) is 5.52 Å². The van der Waals surface area contributed by atoms with Crippen molar-refractivity contribution in [2.24, 2.45) is 0 Å². The number of anilines is 1. The maximum Gasteiger partial charge on any atom is 0.243 e. The number of halogens is 3. The van der Waals surface area contributed by atoms with E-state index in [1.54, 1.807) is 6.20 Å². The van der Waals surface area contributed by atoms with E-state index >= 15 is 0 Å². The Kier molecular flexibility index (Phi) is 3.33. The molecular weight excluding hydrogens is 359 g/mol. The number of nitrogens with zero attached hydrogens (tertiary/aromatic N) is 5. The Balaban J connectivity index is 2.01. The molecule has 98 valence electrons. The van der Waals surface area contributed by atoms with Crippen LogP contribution < -0.4 is 5.32 Å². The highest BCUT2D eigenvalue weighted by atomic mass is 79.9. The fourth-order valence-electron chi connectivity index (χ4n) is 1.55. The van der Waals surface area contributed by atoms with Gasteiger partial charge in [-0.2, -0.15) is 13.7 Å². The molecule has 3 rings (SSSR count). The van der Waals surface area contributed by atoms with E-state index in [0.717, 1.165) is 17.4 Å². The van der Waals surface area contributed by atoms with Gasteiger partial charge in [0.15, 0.2) is 11.6 Å². The minimum atomic E-state index is -0.449. The van der Waals surface area contributed by atoms with Crippen LogP contribution in [0.2, 0.25) is 5.28 Å². The summed E-state index contributed by atoms with van der Waals surface area (Å²) in [7, 11) is 0. The lowest BCUT2D eigenvalue weighted by Gasteiger charge is -2.06. The molecule has 19 heavy (non-hydrogen) atoms. The number of rotatable bonds is 3. The lowest BCUT2D eigenvalue weighted by Crippen LogP contribution is -2.06. The molecule has 0 saturated heterocycles. The number of hydrogen-bond donors (Lipinski definition) is 1. The van der Waals surface area contributed by atoms with Gasteiger partial charge in [-0.25, -0.2) is 8.91 Å². The van der Waals surface area contributed by atoms with Gasteiger partial charge in [-0.15, -0.1) is 5.10 Å². The quantitative estimate of drug-likeness (QED) is 0.775. The molecule has 0 amide bonds. The number of aromatic nitrogens is 5. The van der Waals surface area contributed by atoms with Crippen LogP contribution in [0.4, 0.5) is 10.2 Å². The predicted molar refractivity (Wildman–Crippen MR) is 72.9 cm³/mol. The molecule has 3 aromatic rings.